The predicted octanol–water partition coefficient (Wildman–Crippen LogP) is 5.23. The van der Waals surface area contributed by atoms with Gasteiger partial charge in [0.05, 0.1) is 26.2 Å². The van der Waals surface area contributed by atoms with Gasteiger partial charge in [0.25, 0.3) is 0 Å². The summed E-state index contributed by atoms with van der Waals surface area (Å²) in [6, 6.07) is 8.88. The minimum absolute atomic E-state index is 0.0140. The van der Waals surface area contributed by atoms with E-state index < -0.39 is 17.7 Å². The van der Waals surface area contributed by atoms with E-state index in [1.54, 1.807) is 18.2 Å². The maximum atomic E-state index is 13.3. The molecule has 0 spiro atoms. The summed E-state index contributed by atoms with van der Waals surface area (Å²) in [7, 11) is 2.81. The molecule has 0 unspecified atom stereocenters. The van der Waals surface area contributed by atoms with Crippen LogP contribution in [0.4, 0.5) is 13.2 Å². The maximum Gasteiger partial charge on any atom is 0.416 e. The third-order valence-corrected chi connectivity index (χ3v) is 4.53. The Kier molecular flexibility index (Phi) is 7.53. The molecule has 2 rings (SSSR count). The lowest BCUT2D eigenvalue weighted by atomic mass is 9.93. The number of esters is 1. The lowest BCUT2D eigenvalue weighted by molar-refractivity contribution is -0.140. The Morgan fingerprint density at radius 2 is 1.70 bits per heavy atom. The first-order chi connectivity index (χ1) is 13.9. The van der Waals surface area contributed by atoms with Gasteiger partial charge in [-0.2, -0.15) is 13.2 Å². The zero-order valence-electron chi connectivity index (χ0n) is 17.9. The monoisotopic (exact) mass is 423 g/mol. The summed E-state index contributed by atoms with van der Waals surface area (Å²) in [5.74, 6) is 0.117. The highest BCUT2D eigenvalue weighted by molar-refractivity contribution is 5.77. The third-order valence-electron chi connectivity index (χ3n) is 4.53. The van der Waals surface area contributed by atoms with Gasteiger partial charge in [0, 0.05) is 18.7 Å². The molecule has 0 saturated carbocycles. The second-order valence-electron chi connectivity index (χ2n) is 8.32. The van der Waals surface area contributed by atoms with Gasteiger partial charge < -0.3 is 14.8 Å². The van der Waals surface area contributed by atoms with E-state index in [0.717, 1.165) is 12.1 Å². The third kappa shape index (κ3) is 6.49. The number of rotatable bonds is 7. The highest BCUT2D eigenvalue weighted by atomic mass is 19.4. The molecule has 0 amide bonds. The molecule has 2 aromatic rings. The zero-order valence-corrected chi connectivity index (χ0v) is 17.9. The molecule has 0 heterocycles. The van der Waals surface area contributed by atoms with E-state index in [0.29, 0.717) is 34.5 Å². The Balaban J connectivity index is 2.52. The lowest BCUT2D eigenvalue weighted by Gasteiger charge is -2.21. The van der Waals surface area contributed by atoms with Crippen LogP contribution in [0.3, 0.4) is 0 Å². The minimum Gasteiger partial charge on any atom is -0.496 e. The van der Waals surface area contributed by atoms with Crippen LogP contribution in [0.5, 0.6) is 5.75 Å². The Hall–Kier alpha value is -2.54. The Morgan fingerprint density at radius 3 is 2.27 bits per heavy atom. The molecule has 0 fully saturated rings. The highest BCUT2D eigenvalue weighted by Gasteiger charge is 2.31. The second kappa shape index (κ2) is 9.51. The Bertz CT molecular complexity index is 886. The molecular weight excluding hydrogens is 395 g/mol. The van der Waals surface area contributed by atoms with Gasteiger partial charge in [-0.15, -0.1) is 0 Å². The van der Waals surface area contributed by atoms with Crippen molar-refractivity contribution in [2.45, 2.75) is 39.9 Å². The Labute approximate surface area is 175 Å². The first-order valence-corrected chi connectivity index (χ1v) is 9.59. The van der Waals surface area contributed by atoms with Crippen LogP contribution in [0.1, 0.15) is 37.5 Å². The second-order valence-corrected chi connectivity index (χ2v) is 8.32. The minimum atomic E-state index is -4.44. The first-order valence-electron chi connectivity index (χ1n) is 9.59. The molecule has 0 aliphatic rings. The Morgan fingerprint density at radius 1 is 1.00 bits per heavy atom. The van der Waals surface area contributed by atoms with E-state index in [1.165, 1.54) is 20.3 Å². The molecule has 0 aromatic heterocycles. The van der Waals surface area contributed by atoms with Crippen LogP contribution in [0.15, 0.2) is 36.4 Å². The van der Waals surface area contributed by atoms with Gasteiger partial charge in [-0.25, -0.2) is 0 Å². The topological polar surface area (TPSA) is 47.6 Å². The number of benzene rings is 2. The molecule has 0 bridgehead atoms. The van der Waals surface area contributed by atoms with Crippen LogP contribution < -0.4 is 10.1 Å². The van der Waals surface area contributed by atoms with Gasteiger partial charge in [-0.05, 0) is 46.4 Å². The zero-order chi connectivity index (χ0) is 22.5. The normalized spacial score (nSPS) is 12.0. The van der Waals surface area contributed by atoms with Crippen LogP contribution in [0.2, 0.25) is 0 Å². The molecule has 164 valence electrons. The van der Waals surface area contributed by atoms with Gasteiger partial charge in [-0.1, -0.05) is 32.9 Å². The van der Waals surface area contributed by atoms with E-state index in [9.17, 15) is 18.0 Å². The summed E-state index contributed by atoms with van der Waals surface area (Å²) in [5, 5.41) is 3.24. The fourth-order valence-corrected chi connectivity index (χ4v) is 3.07. The first kappa shape index (κ1) is 23.7. The molecule has 4 nitrogen and oxygen atoms in total. The van der Waals surface area contributed by atoms with E-state index in [4.69, 9.17) is 9.47 Å². The van der Waals surface area contributed by atoms with Crippen LogP contribution >= 0.6 is 0 Å². The summed E-state index contributed by atoms with van der Waals surface area (Å²) in [5.41, 5.74) is 1.71. The summed E-state index contributed by atoms with van der Waals surface area (Å²) in [6.07, 6.45) is -4.38. The number of halogens is 3. The van der Waals surface area contributed by atoms with Crippen molar-refractivity contribution in [3.63, 3.8) is 0 Å². The average Bonchev–Trinajstić information content (AvgIpc) is 2.66. The van der Waals surface area contributed by atoms with Crippen molar-refractivity contribution in [3.05, 3.63) is 53.1 Å². The standard InChI is InChI=1S/C23H28F3NO3/c1-22(2,3)14-27-13-16-12-17(23(24,25)26)7-8-18(16)19-10-15(11-21(28)30-5)6-9-20(19)29-4/h6-10,12,27H,11,13-14H2,1-5H3. The molecule has 2 aromatic carbocycles. The van der Waals surface area contributed by atoms with Gasteiger partial charge >= 0.3 is 12.1 Å². The van der Waals surface area contributed by atoms with Crippen molar-refractivity contribution >= 4 is 5.97 Å². The number of hydrogen-bond donors (Lipinski definition) is 1. The summed E-state index contributed by atoms with van der Waals surface area (Å²) in [4.78, 5) is 11.7. The van der Waals surface area contributed by atoms with E-state index in [-0.39, 0.29) is 18.4 Å². The fraction of sp³-hybridized carbons (Fsp3) is 0.435. The van der Waals surface area contributed by atoms with Crippen molar-refractivity contribution in [3.8, 4) is 16.9 Å². The molecule has 0 aliphatic heterocycles. The van der Waals surface area contributed by atoms with E-state index in [1.807, 2.05) is 20.8 Å². The van der Waals surface area contributed by atoms with E-state index in [2.05, 4.69) is 5.32 Å². The molecule has 7 heteroatoms. The van der Waals surface area contributed by atoms with Crippen LogP contribution in [0, 0.1) is 5.41 Å². The average molecular weight is 423 g/mol. The highest BCUT2D eigenvalue weighted by Crippen LogP contribution is 2.37. The number of nitrogens with one attached hydrogen (secondary N) is 1. The largest absolute Gasteiger partial charge is 0.496 e. The van der Waals surface area contributed by atoms with Crippen LogP contribution in [-0.2, 0) is 28.7 Å². The fourth-order valence-electron chi connectivity index (χ4n) is 3.07. The number of alkyl halides is 3. The van der Waals surface area contributed by atoms with Crippen molar-refractivity contribution in [2.24, 2.45) is 5.41 Å². The summed E-state index contributed by atoms with van der Waals surface area (Å²) in [6.45, 7) is 7.05. The van der Waals surface area contributed by atoms with Gasteiger partial charge in [0.2, 0.25) is 0 Å². The number of methoxy groups -OCH3 is 2. The molecule has 0 atom stereocenters. The van der Waals surface area contributed by atoms with Crippen molar-refractivity contribution in [1.29, 1.82) is 0 Å². The summed E-state index contributed by atoms with van der Waals surface area (Å²) < 4.78 is 50.1. The van der Waals surface area contributed by atoms with Crippen molar-refractivity contribution in [1.82, 2.24) is 5.32 Å². The molecular formula is C23H28F3NO3. The molecule has 1 N–H and O–H groups in total. The van der Waals surface area contributed by atoms with Crippen molar-refractivity contribution < 1.29 is 27.4 Å². The SMILES string of the molecule is COC(=O)Cc1ccc(OC)c(-c2ccc(C(F)(F)F)cc2CNCC(C)(C)C)c1. The number of ether oxygens (including phenoxy) is 2. The predicted molar refractivity (Wildman–Crippen MR) is 110 cm³/mol. The van der Waals surface area contributed by atoms with Gasteiger partial charge in [-0.3, -0.25) is 4.79 Å². The number of carbonyl (C=O) groups excluding carboxylic acids is 1. The molecule has 0 aliphatic carbocycles. The molecule has 0 radical (unpaired) electrons. The van der Waals surface area contributed by atoms with Crippen molar-refractivity contribution in [2.75, 3.05) is 20.8 Å². The van der Waals surface area contributed by atoms with Crippen LogP contribution in [0.25, 0.3) is 11.1 Å². The number of hydrogen-bond acceptors (Lipinski definition) is 4. The summed E-state index contributed by atoms with van der Waals surface area (Å²) >= 11 is 0. The van der Waals surface area contributed by atoms with Crippen LogP contribution in [-0.4, -0.2) is 26.7 Å². The smallest absolute Gasteiger partial charge is 0.416 e. The molecule has 0 saturated heterocycles. The molecule has 30 heavy (non-hydrogen) atoms. The van der Waals surface area contributed by atoms with Gasteiger partial charge in [0.15, 0.2) is 0 Å². The lowest BCUT2D eigenvalue weighted by Crippen LogP contribution is -2.26. The maximum absolute atomic E-state index is 13.3. The van der Waals surface area contributed by atoms with Gasteiger partial charge in [0.1, 0.15) is 5.75 Å². The quantitative estimate of drug-likeness (QED) is 0.620. The number of carbonyl (C=O) groups is 1. The van der Waals surface area contributed by atoms with E-state index >= 15 is 0 Å².